The van der Waals surface area contributed by atoms with Gasteiger partial charge in [-0.05, 0) is 42.0 Å². The van der Waals surface area contributed by atoms with Gasteiger partial charge in [-0.25, -0.2) is 4.79 Å². The number of benzene rings is 1. The van der Waals surface area contributed by atoms with Gasteiger partial charge in [-0.15, -0.1) is 0 Å². The Kier molecular flexibility index (Phi) is 5.15. The number of nitrogens with one attached hydrogen (secondary N) is 1. The van der Waals surface area contributed by atoms with Gasteiger partial charge < -0.3 is 9.72 Å². The number of hydrogen-bond acceptors (Lipinski definition) is 3. The van der Waals surface area contributed by atoms with Crippen LogP contribution in [0.4, 0.5) is 0 Å². The van der Waals surface area contributed by atoms with Gasteiger partial charge in [0.25, 0.3) is 5.56 Å². The third-order valence-corrected chi connectivity index (χ3v) is 3.58. The predicted octanol–water partition coefficient (Wildman–Crippen LogP) is 3.27. The fourth-order valence-corrected chi connectivity index (χ4v) is 2.56. The summed E-state index contributed by atoms with van der Waals surface area (Å²) in [6.45, 7) is 6.23. The third-order valence-electron chi connectivity index (χ3n) is 3.58. The van der Waals surface area contributed by atoms with Crippen molar-refractivity contribution >= 4 is 5.97 Å². The second-order valence-corrected chi connectivity index (χ2v) is 5.46. The molecule has 0 saturated carbocycles. The van der Waals surface area contributed by atoms with Gasteiger partial charge in [0.1, 0.15) is 5.56 Å². The minimum Gasteiger partial charge on any atom is -0.462 e. The molecular weight excluding hydrogens is 278 g/mol. The van der Waals surface area contributed by atoms with Crippen LogP contribution in [0, 0.1) is 0 Å². The van der Waals surface area contributed by atoms with Crippen LogP contribution in [0.5, 0.6) is 0 Å². The van der Waals surface area contributed by atoms with Gasteiger partial charge in [-0.2, -0.15) is 0 Å². The molecule has 1 N–H and O–H groups in total. The Morgan fingerprint density at radius 2 is 1.91 bits per heavy atom. The van der Waals surface area contributed by atoms with E-state index in [1.54, 1.807) is 19.2 Å². The molecule has 2 rings (SSSR count). The Morgan fingerprint density at radius 3 is 2.59 bits per heavy atom. The van der Waals surface area contributed by atoms with Crippen molar-refractivity contribution in [1.29, 1.82) is 0 Å². The van der Waals surface area contributed by atoms with Crippen LogP contribution in [0.2, 0.25) is 0 Å². The molecule has 1 aromatic heterocycles. The highest BCUT2D eigenvalue weighted by Crippen LogP contribution is 2.22. The lowest BCUT2D eigenvalue weighted by Crippen LogP contribution is -2.22. The van der Waals surface area contributed by atoms with E-state index in [9.17, 15) is 9.59 Å². The molecule has 116 valence electrons. The van der Waals surface area contributed by atoms with Crippen LogP contribution >= 0.6 is 0 Å². The monoisotopic (exact) mass is 299 g/mol. The molecule has 0 unspecified atom stereocenters. The Balaban J connectivity index is 2.45. The van der Waals surface area contributed by atoms with Gasteiger partial charge in [0, 0.05) is 6.20 Å². The zero-order chi connectivity index (χ0) is 16.1. The number of ether oxygens (including phenoxy) is 1. The molecule has 0 bridgehead atoms. The second kappa shape index (κ2) is 7.07. The van der Waals surface area contributed by atoms with E-state index in [0.29, 0.717) is 17.9 Å². The third kappa shape index (κ3) is 3.45. The van der Waals surface area contributed by atoms with E-state index < -0.39 is 11.5 Å². The first-order valence-electron chi connectivity index (χ1n) is 7.50. The Bertz CT molecular complexity index is 716. The van der Waals surface area contributed by atoms with Crippen molar-refractivity contribution in [2.45, 2.75) is 33.1 Å². The number of aromatic nitrogens is 1. The first kappa shape index (κ1) is 16.0. The van der Waals surface area contributed by atoms with E-state index in [1.165, 1.54) is 5.56 Å². The predicted molar refractivity (Wildman–Crippen MR) is 86.4 cm³/mol. The first-order chi connectivity index (χ1) is 10.5. The summed E-state index contributed by atoms with van der Waals surface area (Å²) in [6.07, 6.45) is 2.10. The average Bonchev–Trinajstić information content (AvgIpc) is 2.48. The van der Waals surface area contributed by atoms with Gasteiger partial charge in [0.15, 0.2) is 0 Å². The average molecular weight is 299 g/mol. The van der Waals surface area contributed by atoms with Crippen LogP contribution in [0.3, 0.4) is 0 Å². The second-order valence-electron chi connectivity index (χ2n) is 5.46. The van der Waals surface area contributed by atoms with Crippen LogP contribution in [0.15, 0.2) is 41.3 Å². The van der Waals surface area contributed by atoms with Crippen molar-refractivity contribution in [2.24, 2.45) is 0 Å². The zero-order valence-corrected chi connectivity index (χ0v) is 13.2. The minimum atomic E-state index is -0.568. The summed E-state index contributed by atoms with van der Waals surface area (Å²) >= 11 is 0. The molecule has 22 heavy (non-hydrogen) atoms. The Labute approximate surface area is 130 Å². The number of carbonyl (C=O) groups is 1. The molecule has 0 fully saturated rings. The summed E-state index contributed by atoms with van der Waals surface area (Å²) < 4.78 is 5.01. The standard InChI is InChI=1S/C18H21NO3/c1-4-22-18(21)16-14(9-10-19-17(16)20)11-13-7-5-6-8-15(13)12(2)3/h5-10,12H,4,11H2,1-3H3,(H,19,20). The number of carbonyl (C=O) groups excluding carboxylic acids is 1. The van der Waals surface area contributed by atoms with Gasteiger partial charge in [-0.1, -0.05) is 38.1 Å². The lowest BCUT2D eigenvalue weighted by Gasteiger charge is -2.14. The highest BCUT2D eigenvalue weighted by atomic mass is 16.5. The smallest absolute Gasteiger partial charge is 0.344 e. The van der Waals surface area contributed by atoms with Crippen molar-refractivity contribution in [3.05, 3.63) is 69.1 Å². The molecule has 4 heteroatoms. The lowest BCUT2D eigenvalue weighted by atomic mass is 9.92. The Hall–Kier alpha value is -2.36. The SMILES string of the molecule is CCOC(=O)c1c(Cc2ccccc2C(C)C)cc[nH]c1=O. The summed E-state index contributed by atoms with van der Waals surface area (Å²) in [6, 6.07) is 9.86. The van der Waals surface area contributed by atoms with Crippen molar-refractivity contribution < 1.29 is 9.53 Å². The Morgan fingerprint density at radius 1 is 1.18 bits per heavy atom. The largest absolute Gasteiger partial charge is 0.462 e. The van der Waals surface area contributed by atoms with Crippen LogP contribution < -0.4 is 5.56 Å². The molecule has 0 radical (unpaired) electrons. The fourth-order valence-electron chi connectivity index (χ4n) is 2.56. The lowest BCUT2D eigenvalue weighted by molar-refractivity contribution is 0.0523. The highest BCUT2D eigenvalue weighted by Gasteiger charge is 2.18. The molecule has 0 aliphatic heterocycles. The van der Waals surface area contributed by atoms with Crippen LogP contribution in [-0.4, -0.2) is 17.6 Å². The van der Waals surface area contributed by atoms with Crippen molar-refractivity contribution in [3.8, 4) is 0 Å². The first-order valence-corrected chi connectivity index (χ1v) is 7.50. The zero-order valence-electron chi connectivity index (χ0n) is 13.2. The molecule has 1 heterocycles. The van der Waals surface area contributed by atoms with Crippen molar-refractivity contribution in [2.75, 3.05) is 6.61 Å². The number of H-pyrrole nitrogens is 1. The number of rotatable bonds is 5. The summed E-state index contributed by atoms with van der Waals surface area (Å²) in [5.74, 6) is -0.189. The van der Waals surface area contributed by atoms with E-state index in [1.807, 2.05) is 18.2 Å². The number of esters is 1. The molecular formula is C18H21NO3. The molecule has 0 saturated heterocycles. The normalized spacial score (nSPS) is 10.7. The van der Waals surface area contributed by atoms with E-state index in [0.717, 1.165) is 5.56 Å². The van der Waals surface area contributed by atoms with Gasteiger partial charge in [0.05, 0.1) is 6.61 Å². The molecule has 0 amide bonds. The minimum absolute atomic E-state index is 0.0999. The summed E-state index contributed by atoms with van der Waals surface area (Å²) in [5, 5.41) is 0. The molecule has 2 aromatic rings. The quantitative estimate of drug-likeness (QED) is 0.862. The van der Waals surface area contributed by atoms with Crippen LogP contribution in [0.25, 0.3) is 0 Å². The van der Waals surface area contributed by atoms with E-state index >= 15 is 0 Å². The van der Waals surface area contributed by atoms with Gasteiger partial charge in [-0.3, -0.25) is 4.79 Å². The molecule has 4 nitrogen and oxygen atoms in total. The van der Waals surface area contributed by atoms with Crippen LogP contribution in [0.1, 0.15) is 53.7 Å². The number of aromatic amines is 1. The van der Waals surface area contributed by atoms with Crippen LogP contribution in [-0.2, 0) is 11.2 Å². The van der Waals surface area contributed by atoms with Crippen molar-refractivity contribution in [3.63, 3.8) is 0 Å². The maximum atomic E-state index is 12.1. The van der Waals surface area contributed by atoms with E-state index in [-0.39, 0.29) is 12.2 Å². The number of hydrogen-bond donors (Lipinski definition) is 1. The summed E-state index contributed by atoms with van der Waals surface area (Å²) in [5.41, 5.74) is 2.72. The van der Waals surface area contributed by atoms with E-state index in [2.05, 4.69) is 24.9 Å². The van der Waals surface area contributed by atoms with E-state index in [4.69, 9.17) is 4.74 Å². The van der Waals surface area contributed by atoms with Gasteiger partial charge >= 0.3 is 5.97 Å². The summed E-state index contributed by atoms with van der Waals surface area (Å²) in [7, 11) is 0. The molecule has 0 spiro atoms. The van der Waals surface area contributed by atoms with Crippen molar-refractivity contribution in [1.82, 2.24) is 4.98 Å². The molecule has 1 aromatic carbocycles. The molecule has 0 atom stereocenters. The van der Waals surface area contributed by atoms with Gasteiger partial charge in [0.2, 0.25) is 0 Å². The maximum absolute atomic E-state index is 12.1. The number of pyridine rings is 1. The molecule has 0 aliphatic rings. The maximum Gasteiger partial charge on any atom is 0.344 e. The summed E-state index contributed by atoms with van der Waals surface area (Å²) in [4.78, 5) is 26.6. The fraction of sp³-hybridized carbons (Fsp3) is 0.333. The highest BCUT2D eigenvalue weighted by molar-refractivity contribution is 5.90. The topological polar surface area (TPSA) is 59.2 Å². The molecule has 0 aliphatic carbocycles.